The lowest BCUT2D eigenvalue weighted by Gasteiger charge is -2.12. The van der Waals surface area contributed by atoms with Crippen LogP contribution in [0.3, 0.4) is 0 Å². The molecule has 0 saturated heterocycles. The van der Waals surface area contributed by atoms with Crippen LogP contribution in [0, 0.1) is 8.34 Å². The van der Waals surface area contributed by atoms with Crippen LogP contribution in [0.2, 0.25) is 0 Å². The molecule has 0 fully saturated rings. The van der Waals surface area contributed by atoms with Crippen molar-refractivity contribution in [3.8, 4) is 17.2 Å². The number of benzene rings is 2. The minimum Gasteiger partial charge on any atom is -0.497 e. The van der Waals surface area contributed by atoms with Gasteiger partial charge in [0.25, 0.3) is 0 Å². The molecular formula is C15H13IN2O2S. The molecule has 0 saturated carbocycles. The summed E-state index contributed by atoms with van der Waals surface area (Å²) in [6, 6.07) is 11.8. The normalized spacial score (nSPS) is 10.8. The van der Waals surface area contributed by atoms with Crippen LogP contribution in [-0.4, -0.2) is 23.8 Å². The maximum Gasteiger partial charge on any atom is 0.182 e. The highest BCUT2D eigenvalue weighted by Gasteiger charge is 2.12. The molecule has 1 N–H and O–H groups in total. The Bertz CT molecular complexity index is 870. The maximum atomic E-state index is 5.47. The fourth-order valence-electron chi connectivity index (χ4n) is 2.29. The molecule has 108 valence electrons. The zero-order valence-electron chi connectivity index (χ0n) is 11.5. The number of H-pyrrole nitrogens is 1. The van der Waals surface area contributed by atoms with Gasteiger partial charge in [-0.1, -0.05) is 0 Å². The summed E-state index contributed by atoms with van der Waals surface area (Å²) in [7, 11) is 3.29. The fourth-order valence-corrected chi connectivity index (χ4v) is 3.09. The van der Waals surface area contributed by atoms with Gasteiger partial charge in [0, 0.05) is 9.64 Å². The third kappa shape index (κ3) is 2.53. The van der Waals surface area contributed by atoms with Gasteiger partial charge in [0.2, 0.25) is 0 Å². The molecule has 3 aromatic rings. The molecule has 0 atom stereocenters. The molecule has 0 unspecified atom stereocenters. The van der Waals surface area contributed by atoms with E-state index in [1.54, 1.807) is 14.2 Å². The molecule has 0 aliphatic heterocycles. The van der Waals surface area contributed by atoms with Crippen molar-refractivity contribution in [2.24, 2.45) is 0 Å². The molecule has 0 spiro atoms. The predicted octanol–water partition coefficient (Wildman–Crippen LogP) is 4.31. The van der Waals surface area contributed by atoms with Gasteiger partial charge in [-0.2, -0.15) is 0 Å². The minimum absolute atomic E-state index is 0.624. The molecule has 0 radical (unpaired) electrons. The van der Waals surface area contributed by atoms with Crippen LogP contribution in [0.5, 0.6) is 11.5 Å². The first-order valence-corrected chi connectivity index (χ1v) is 7.75. The number of rotatable bonds is 3. The number of fused-ring (bicyclic) bond motifs is 1. The second-order valence-corrected chi connectivity index (χ2v) is 6.10. The van der Waals surface area contributed by atoms with Crippen molar-refractivity contribution in [1.82, 2.24) is 9.55 Å². The highest BCUT2D eigenvalue weighted by atomic mass is 127. The van der Waals surface area contributed by atoms with Crippen molar-refractivity contribution >= 4 is 45.8 Å². The smallest absolute Gasteiger partial charge is 0.182 e. The molecule has 0 amide bonds. The topological polar surface area (TPSA) is 39.2 Å². The molecule has 6 heteroatoms. The second-order valence-electron chi connectivity index (χ2n) is 4.46. The SMILES string of the molecule is COc1ccc(OC)c(-n2c(=S)[nH]c3cc(I)ccc32)c1. The summed E-state index contributed by atoms with van der Waals surface area (Å²) in [5.74, 6) is 1.50. The van der Waals surface area contributed by atoms with Crippen LogP contribution >= 0.6 is 34.8 Å². The van der Waals surface area contributed by atoms with E-state index in [9.17, 15) is 0 Å². The van der Waals surface area contributed by atoms with Crippen LogP contribution in [0.4, 0.5) is 0 Å². The number of aromatic nitrogens is 2. The van der Waals surface area contributed by atoms with Crippen molar-refractivity contribution in [3.63, 3.8) is 0 Å². The van der Waals surface area contributed by atoms with Crippen molar-refractivity contribution in [2.45, 2.75) is 0 Å². The van der Waals surface area contributed by atoms with Gasteiger partial charge in [0.1, 0.15) is 11.5 Å². The van der Waals surface area contributed by atoms with Gasteiger partial charge in [-0.05, 0) is 65.1 Å². The first-order valence-electron chi connectivity index (χ1n) is 6.26. The van der Waals surface area contributed by atoms with Gasteiger partial charge in [0.15, 0.2) is 4.77 Å². The van der Waals surface area contributed by atoms with E-state index < -0.39 is 0 Å². The number of ether oxygens (including phenoxy) is 2. The third-order valence-electron chi connectivity index (χ3n) is 3.27. The second kappa shape index (κ2) is 5.69. The number of nitrogens with one attached hydrogen (secondary N) is 1. The highest BCUT2D eigenvalue weighted by molar-refractivity contribution is 14.1. The van der Waals surface area contributed by atoms with E-state index in [1.807, 2.05) is 28.8 Å². The Morgan fingerprint density at radius 2 is 1.90 bits per heavy atom. The molecule has 3 rings (SSSR count). The van der Waals surface area contributed by atoms with Crippen LogP contribution in [0.1, 0.15) is 0 Å². The summed E-state index contributed by atoms with van der Waals surface area (Å²) in [4.78, 5) is 3.23. The number of hydrogen-bond donors (Lipinski definition) is 1. The Morgan fingerprint density at radius 1 is 1.10 bits per heavy atom. The van der Waals surface area contributed by atoms with Crippen molar-refractivity contribution in [3.05, 3.63) is 44.7 Å². The largest absolute Gasteiger partial charge is 0.497 e. The van der Waals surface area contributed by atoms with Crippen LogP contribution in [0.15, 0.2) is 36.4 Å². The van der Waals surface area contributed by atoms with Crippen molar-refractivity contribution in [1.29, 1.82) is 0 Å². The molecule has 1 heterocycles. The minimum atomic E-state index is 0.624. The van der Waals surface area contributed by atoms with Gasteiger partial charge in [-0.15, -0.1) is 0 Å². The summed E-state index contributed by atoms with van der Waals surface area (Å²) in [6.07, 6.45) is 0. The molecular weight excluding hydrogens is 399 g/mol. The first kappa shape index (κ1) is 14.4. The molecule has 0 bridgehead atoms. The lowest BCUT2D eigenvalue weighted by atomic mass is 10.2. The maximum absolute atomic E-state index is 5.47. The Balaban J connectivity index is 2.34. The van der Waals surface area contributed by atoms with Gasteiger partial charge < -0.3 is 14.5 Å². The Kier molecular flexibility index (Phi) is 3.90. The van der Waals surface area contributed by atoms with Crippen molar-refractivity contribution in [2.75, 3.05) is 14.2 Å². The van der Waals surface area contributed by atoms with E-state index >= 15 is 0 Å². The predicted molar refractivity (Wildman–Crippen MR) is 94.3 cm³/mol. The fraction of sp³-hybridized carbons (Fsp3) is 0.133. The summed E-state index contributed by atoms with van der Waals surface area (Å²) < 4.78 is 14.5. The van der Waals surface area contributed by atoms with E-state index in [4.69, 9.17) is 21.7 Å². The highest BCUT2D eigenvalue weighted by Crippen LogP contribution is 2.31. The van der Waals surface area contributed by atoms with Gasteiger partial charge in [0.05, 0.1) is 30.9 Å². The summed E-state index contributed by atoms with van der Waals surface area (Å²) in [6.45, 7) is 0. The number of hydrogen-bond acceptors (Lipinski definition) is 3. The zero-order valence-corrected chi connectivity index (χ0v) is 14.5. The van der Waals surface area contributed by atoms with Gasteiger partial charge in [-0.25, -0.2) is 0 Å². The van der Waals surface area contributed by atoms with E-state index in [2.05, 4.69) is 39.7 Å². The van der Waals surface area contributed by atoms with Crippen LogP contribution < -0.4 is 9.47 Å². The molecule has 0 aliphatic rings. The molecule has 4 nitrogen and oxygen atoms in total. The molecule has 21 heavy (non-hydrogen) atoms. The van der Waals surface area contributed by atoms with Crippen molar-refractivity contribution < 1.29 is 9.47 Å². The summed E-state index contributed by atoms with van der Waals surface area (Å²) in [5, 5.41) is 0. The van der Waals surface area contributed by atoms with Gasteiger partial charge in [-0.3, -0.25) is 4.57 Å². The quantitative estimate of drug-likeness (QED) is 0.515. The van der Waals surface area contributed by atoms with Crippen LogP contribution in [0.25, 0.3) is 16.7 Å². The van der Waals surface area contributed by atoms with Crippen LogP contribution in [-0.2, 0) is 0 Å². The standard InChI is InChI=1S/C15H13IN2O2S/c1-19-10-4-6-14(20-2)13(8-10)18-12-5-3-9(16)7-11(12)17-15(18)21/h3-8H,1-2H3,(H,17,21). The van der Waals surface area contributed by atoms with E-state index in [0.29, 0.717) is 4.77 Å². The number of methoxy groups -OCH3 is 2. The average molecular weight is 412 g/mol. The molecule has 2 aromatic carbocycles. The van der Waals surface area contributed by atoms with Gasteiger partial charge >= 0.3 is 0 Å². The summed E-state index contributed by atoms with van der Waals surface area (Å²) >= 11 is 7.75. The summed E-state index contributed by atoms with van der Waals surface area (Å²) in [5.41, 5.74) is 2.86. The lowest BCUT2D eigenvalue weighted by molar-refractivity contribution is 0.401. The first-order chi connectivity index (χ1) is 10.1. The Morgan fingerprint density at radius 3 is 2.62 bits per heavy atom. The third-order valence-corrected chi connectivity index (χ3v) is 4.23. The average Bonchev–Trinajstić information content (AvgIpc) is 2.81. The monoisotopic (exact) mass is 412 g/mol. The Hall–Kier alpha value is -1.54. The number of imidazole rings is 1. The van der Waals surface area contributed by atoms with E-state index in [1.165, 1.54) is 0 Å². The number of nitrogens with zero attached hydrogens (tertiary/aromatic N) is 1. The molecule has 0 aliphatic carbocycles. The number of aromatic amines is 1. The Labute approximate surface area is 140 Å². The lowest BCUT2D eigenvalue weighted by Crippen LogP contribution is -1.99. The van der Waals surface area contributed by atoms with E-state index in [0.717, 1.165) is 31.8 Å². The zero-order chi connectivity index (χ0) is 15.0. The number of halogens is 1. The molecule has 1 aromatic heterocycles. The van der Waals surface area contributed by atoms with E-state index in [-0.39, 0.29) is 0 Å².